The second kappa shape index (κ2) is 9.22. The van der Waals surface area contributed by atoms with Crippen molar-refractivity contribution < 1.29 is 14.3 Å². The van der Waals surface area contributed by atoms with Gasteiger partial charge in [-0.05, 0) is 49.9 Å². The molecule has 1 unspecified atom stereocenters. The first-order chi connectivity index (χ1) is 13.1. The third-order valence-corrected chi connectivity index (χ3v) is 5.45. The molecule has 1 aromatic rings. The summed E-state index contributed by atoms with van der Waals surface area (Å²) in [5.41, 5.74) is 3.08. The number of nitrogens with one attached hydrogen (secondary N) is 1. The van der Waals surface area contributed by atoms with E-state index in [1.165, 1.54) is 5.69 Å². The smallest absolute Gasteiger partial charge is 0.229 e. The lowest BCUT2D eigenvalue weighted by Crippen LogP contribution is -2.43. The molecule has 0 aromatic heterocycles. The predicted molar refractivity (Wildman–Crippen MR) is 107 cm³/mol. The number of aryl methyl sites for hydroxylation is 1. The lowest BCUT2D eigenvalue weighted by Gasteiger charge is -2.32. The number of nitrogens with zero attached hydrogens (tertiary/aromatic N) is 2. The number of amides is 2. The van der Waals surface area contributed by atoms with E-state index < -0.39 is 0 Å². The Balaban J connectivity index is 1.60. The van der Waals surface area contributed by atoms with Crippen molar-refractivity contribution in [2.45, 2.75) is 39.5 Å². The molecule has 2 heterocycles. The van der Waals surface area contributed by atoms with Gasteiger partial charge in [0.2, 0.25) is 11.8 Å². The number of rotatable bonds is 5. The van der Waals surface area contributed by atoms with Gasteiger partial charge in [-0.3, -0.25) is 9.59 Å². The third-order valence-electron chi connectivity index (χ3n) is 5.45. The minimum absolute atomic E-state index is 0.0196. The zero-order valence-electron chi connectivity index (χ0n) is 16.5. The van der Waals surface area contributed by atoms with Gasteiger partial charge in [0.1, 0.15) is 0 Å². The van der Waals surface area contributed by atoms with Crippen LogP contribution in [0.2, 0.25) is 0 Å². The number of piperidine rings is 1. The highest BCUT2D eigenvalue weighted by Gasteiger charge is 2.28. The van der Waals surface area contributed by atoms with Crippen molar-refractivity contribution in [3.63, 3.8) is 0 Å². The summed E-state index contributed by atoms with van der Waals surface area (Å²) in [5.74, 6) is 0.0603. The predicted octanol–water partition coefficient (Wildman–Crippen LogP) is 2.81. The maximum Gasteiger partial charge on any atom is 0.229 e. The maximum atomic E-state index is 12.8. The summed E-state index contributed by atoms with van der Waals surface area (Å²) in [4.78, 5) is 29.1. The van der Waals surface area contributed by atoms with Crippen LogP contribution in [-0.2, 0) is 14.3 Å². The second-order valence-electron chi connectivity index (χ2n) is 7.52. The fraction of sp³-hybridized carbons (Fsp3) is 0.619. The molecule has 2 saturated heterocycles. The lowest BCUT2D eigenvalue weighted by atomic mass is 9.96. The molecule has 1 N–H and O–H groups in total. The molecule has 27 heavy (non-hydrogen) atoms. The van der Waals surface area contributed by atoms with Gasteiger partial charge < -0.3 is 19.9 Å². The molecule has 6 nitrogen and oxygen atoms in total. The number of benzene rings is 1. The SMILES string of the molecule is CCCC(=O)N1CCCC(C(=O)Nc2ccc(N3CCOCC3)cc2C)C1. The van der Waals surface area contributed by atoms with Crippen molar-refractivity contribution in [2.24, 2.45) is 5.92 Å². The Labute approximate surface area is 161 Å². The van der Waals surface area contributed by atoms with Crippen LogP contribution < -0.4 is 10.2 Å². The van der Waals surface area contributed by atoms with Crippen molar-refractivity contribution in [1.29, 1.82) is 0 Å². The van der Waals surface area contributed by atoms with Crippen LogP contribution in [0.4, 0.5) is 11.4 Å². The summed E-state index contributed by atoms with van der Waals surface area (Å²) in [6.45, 7) is 8.65. The molecule has 0 radical (unpaired) electrons. The van der Waals surface area contributed by atoms with Crippen LogP contribution in [0.15, 0.2) is 18.2 Å². The molecule has 3 rings (SSSR count). The number of morpholine rings is 1. The molecule has 0 spiro atoms. The van der Waals surface area contributed by atoms with Gasteiger partial charge in [-0.1, -0.05) is 6.92 Å². The Kier molecular flexibility index (Phi) is 6.72. The van der Waals surface area contributed by atoms with E-state index in [-0.39, 0.29) is 17.7 Å². The van der Waals surface area contributed by atoms with Gasteiger partial charge in [-0.15, -0.1) is 0 Å². The van der Waals surface area contributed by atoms with E-state index in [0.29, 0.717) is 13.0 Å². The quantitative estimate of drug-likeness (QED) is 0.862. The number of hydrogen-bond acceptors (Lipinski definition) is 4. The van der Waals surface area contributed by atoms with Gasteiger partial charge in [0.15, 0.2) is 0 Å². The van der Waals surface area contributed by atoms with Crippen molar-refractivity contribution in [2.75, 3.05) is 49.6 Å². The van der Waals surface area contributed by atoms with Crippen LogP contribution in [0.3, 0.4) is 0 Å². The Morgan fingerprint density at radius 2 is 2.00 bits per heavy atom. The van der Waals surface area contributed by atoms with Gasteiger partial charge in [-0.25, -0.2) is 0 Å². The van der Waals surface area contributed by atoms with E-state index in [9.17, 15) is 9.59 Å². The number of carbonyl (C=O) groups excluding carboxylic acids is 2. The van der Waals surface area contributed by atoms with Crippen LogP contribution >= 0.6 is 0 Å². The van der Waals surface area contributed by atoms with E-state index >= 15 is 0 Å². The summed E-state index contributed by atoms with van der Waals surface area (Å²) in [6.07, 6.45) is 3.15. The largest absolute Gasteiger partial charge is 0.378 e. The van der Waals surface area contributed by atoms with Crippen LogP contribution in [0.25, 0.3) is 0 Å². The van der Waals surface area contributed by atoms with E-state index in [1.807, 2.05) is 24.8 Å². The molecule has 2 amide bonds. The zero-order valence-corrected chi connectivity index (χ0v) is 16.5. The molecular weight excluding hydrogens is 342 g/mol. The third kappa shape index (κ3) is 5.01. The molecule has 1 atom stereocenters. The Bertz CT molecular complexity index is 671. The van der Waals surface area contributed by atoms with Crippen LogP contribution in [-0.4, -0.2) is 56.1 Å². The van der Waals surface area contributed by atoms with Crippen LogP contribution in [0, 0.1) is 12.8 Å². The molecular formula is C21H31N3O3. The number of carbonyl (C=O) groups is 2. The summed E-state index contributed by atoms with van der Waals surface area (Å²) < 4.78 is 5.41. The lowest BCUT2D eigenvalue weighted by molar-refractivity contribution is -0.134. The van der Waals surface area contributed by atoms with E-state index in [0.717, 1.165) is 63.4 Å². The number of hydrogen-bond donors (Lipinski definition) is 1. The highest BCUT2D eigenvalue weighted by atomic mass is 16.5. The Morgan fingerprint density at radius 1 is 1.22 bits per heavy atom. The summed E-state index contributed by atoms with van der Waals surface area (Å²) >= 11 is 0. The molecule has 6 heteroatoms. The van der Waals surface area contributed by atoms with Gasteiger partial charge in [-0.2, -0.15) is 0 Å². The van der Waals surface area contributed by atoms with Crippen molar-refractivity contribution >= 4 is 23.2 Å². The molecule has 2 fully saturated rings. The molecule has 0 aliphatic carbocycles. The molecule has 148 valence electrons. The minimum atomic E-state index is -0.127. The van der Waals surface area contributed by atoms with Crippen LogP contribution in [0.1, 0.15) is 38.2 Å². The normalized spacial score (nSPS) is 20.4. The standard InChI is InChI=1S/C21H31N3O3/c1-3-5-20(25)24-9-4-6-17(15-24)21(26)22-19-8-7-18(14-16(19)2)23-10-12-27-13-11-23/h7-8,14,17H,3-6,9-13,15H2,1-2H3,(H,22,26). The fourth-order valence-electron chi connectivity index (χ4n) is 3.83. The molecule has 1 aromatic carbocycles. The van der Waals surface area contributed by atoms with Crippen LogP contribution in [0.5, 0.6) is 0 Å². The zero-order chi connectivity index (χ0) is 19.2. The highest BCUT2D eigenvalue weighted by molar-refractivity contribution is 5.94. The Hall–Kier alpha value is -2.08. The molecule has 0 bridgehead atoms. The average molecular weight is 373 g/mol. The van der Waals surface area contributed by atoms with Crippen molar-refractivity contribution in [1.82, 2.24) is 4.90 Å². The first-order valence-electron chi connectivity index (χ1n) is 10.1. The van der Waals surface area contributed by atoms with Gasteiger partial charge in [0.05, 0.1) is 19.1 Å². The molecule has 0 saturated carbocycles. The highest BCUT2D eigenvalue weighted by Crippen LogP contribution is 2.25. The summed E-state index contributed by atoms with van der Waals surface area (Å²) in [7, 11) is 0. The second-order valence-corrected chi connectivity index (χ2v) is 7.52. The number of anilines is 2. The van der Waals surface area contributed by atoms with Gasteiger partial charge >= 0.3 is 0 Å². The monoisotopic (exact) mass is 373 g/mol. The average Bonchev–Trinajstić information content (AvgIpc) is 2.70. The van der Waals surface area contributed by atoms with Crippen molar-refractivity contribution in [3.8, 4) is 0 Å². The summed E-state index contributed by atoms with van der Waals surface area (Å²) in [6, 6.07) is 6.17. The van der Waals surface area contributed by atoms with E-state index in [2.05, 4.69) is 22.3 Å². The van der Waals surface area contributed by atoms with Gasteiger partial charge in [0.25, 0.3) is 0 Å². The minimum Gasteiger partial charge on any atom is -0.378 e. The number of ether oxygens (including phenoxy) is 1. The van der Waals surface area contributed by atoms with E-state index in [1.54, 1.807) is 0 Å². The molecule has 2 aliphatic heterocycles. The van der Waals surface area contributed by atoms with Crippen molar-refractivity contribution in [3.05, 3.63) is 23.8 Å². The first-order valence-corrected chi connectivity index (χ1v) is 10.1. The van der Waals surface area contributed by atoms with E-state index in [4.69, 9.17) is 4.74 Å². The summed E-state index contributed by atoms with van der Waals surface area (Å²) in [5, 5.41) is 3.08. The topological polar surface area (TPSA) is 61.9 Å². The Morgan fingerprint density at radius 3 is 2.70 bits per heavy atom. The number of likely N-dealkylation sites (tertiary alicyclic amines) is 1. The molecule has 2 aliphatic rings. The van der Waals surface area contributed by atoms with Gasteiger partial charge in [0, 0.05) is 44.0 Å². The fourth-order valence-corrected chi connectivity index (χ4v) is 3.83. The first kappa shape index (κ1) is 19.7. The maximum absolute atomic E-state index is 12.8.